The van der Waals surface area contributed by atoms with Crippen LogP contribution in [0.25, 0.3) is 0 Å². The molecule has 1 aromatic heterocycles. The predicted molar refractivity (Wildman–Crippen MR) is 147 cm³/mol. The number of nitrogens with zero attached hydrogens (tertiary/aromatic N) is 3. The molecule has 0 radical (unpaired) electrons. The molecule has 1 N–H and O–H groups in total. The zero-order valence-electron chi connectivity index (χ0n) is 24.4. The van der Waals surface area contributed by atoms with Crippen LogP contribution in [0.3, 0.4) is 0 Å². The number of amides is 2. The van der Waals surface area contributed by atoms with Crippen molar-refractivity contribution in [2.45, 2.75) is 122 Å². The van der Waals surface area contributed by atoms with E-state index in [9.17, 15) is 18.0 Å². The minimum absolute atomic E-state index is 0.101. The highest BCUT2D eigenvalue weighted by atomic mass is 32.2. The molecule has 2 aliphatic heterocycles. The number of hydrogen-bond acceptors (Lipinski definition) is 9. The molecule has 0 saturated carbocycles. The fourth-order valence-electron chi connectivity index (χ4n) is 4.57. The second-order valence-electron chi connectivity index (χ2n) is 12.4. The minimum Gasteiger partial charge on any atom is -0.444 e. The molecule has 3 heterocycles. The van der Waals surface area contributed by atoms with Crippen molar-refractivity contribution in [2.24, 2.45) is 0 Å². The molecule has 1 aromatic rings. The SMILES string of the molecule is C[C@@H](NC(=O)OC(C)(C)C)C(=O)N1CCCC[C@H]1CCCS(=O)(=O)c1ncc(B2OC(C)(C)C(C)(C)O2)cn1. The molecule has 0 bridgehead atoms. The van der Waals surface area contributed by atoms with Crippen molar-refractivity contribution >= 4 is 34.4 Å². The number of aromatic nitrogens is 2. The average Bonchev–Trinajstić information content (AvgIpc) is 3.04. The largest absolute Gasteiger partial charge is 0.498 e. The van der Waals surface area contributed by atoms with Gasteiger partial charge in [-0.2, -0.15) is 0 Å². The second-order valence-corrected chi connectivity index (χ2v) is 14.4. The predicted octanol–water partition coefficient (Wildman–Crippen LogP) is 2.62. The summed E-state index contributed by atoms with van der Waals surface area (Å²) in [6.07, 6.45) is 5.70. The molecule has 2 atom stereocenters. The molecular formula is C26H43BN4O7S. The van der Waals surface area contributed by atoms with Crippen molar-refractivity contribution in [1.82, 2.24) is 20.2 Å². The van der Waals surface area contributed by atoms with Gasteiger partial charge in [0.15, 0.2) is 0 Å². The molecule has 0 unspecified atom stereocenters. The molecule has 2 aliphatic rings. The Kier molecular flexibility index (Phi) is 9.39. The molecule has 39 heavy (non-hydrogen) atoms. The third kappa shape index (κ3) is 7.91. The first-order valence-corrected chi connectivity index (χ1v) is 15.3. The van der Waals surface area contributed by atoms with Crippen LogP contribution in [-0.4, -0.2) is 83.6 Å². The molecule has 0 aromatic carbocycles. The third-order valence-corrected chi connectivity index (χ3v) is 9.01. The van der Waals surface area contributed by atoms with Crippen LogP contribution in [0.1, 0.15) is 87.5 Å². The summed E-state index contributed by atoms with van der Waals surface area (Å²) in [7, 11) is -4.39. The van der Waals surface area contributed by atoms with E-state index in [2.05, 4.69) is 15.3 Å². The number of alkyl carbamates (subject to hydrolysis) is 1. The van der Waals surface area contributed by atoms with Gasteiger partial charge in [-0.1, -0.05) is 0 Å². The van der Waals surface area contributed by atoms with E-state index in [4.69, 9.17) is 14.0 Å². The van der Waals surface area contributed by atoms with E-state index in [1.807, 2.05) is 27.7 Å². The number of ether oxygens (including phenoxy) is 1. The topological polar surface area (TPSA) is 137 Å². The summed E-state index contributed by atoms with van der Waals surface area (Å²) in [6, 6.07) is -0.851. The first-order valence-electron chi connectivity index (χ1n) is 13.6. The Hall–Kier alpha value is -2.25. The van der Waals surface area contributed by atoms with E-state index in [1.54, 1.807) is 32.6 Å². The highest BCUT2D eigenvalue weighted by Gasteiger charge is 2.52. The molecule has 3 rings (SSSR count). The van der Waals surface area contributed by atoms with Gasteiger partial charge in [-0.25, -0.2) is 23.2 Å². The number of likely N-dealkylation sites (tertiary alicyclic amines) is 1. The highest BCUT2D eigenvalue weighted by Crippen LogP contribution is 2.36. The smallest absolute Gasteiger partial charge is 0.444 e. The van der Waals surface area contributed by atoms with E-state index < -0.39 is 45.9 Å². The zero-order valence-corrected chi connectivity index (χ0v) is 25.3. The maximum atomic E-state index is 13.1. The molecule has 2 amide bonds. The number of hydrogen-bond donors (Lipinski definition) is 1. The molecule has 11 nitrogen and oxygen atoms in total. The molecule has 0 spiro atoms. The minimum atomic E-state index is -3.72. The summed E-state index contributed by atoms with van der Waals surface area (Å²) in [5.74, 6) is -0.331. The maximum Gasteiger partial charge on any atom is 0.498 e. The van der Waals surface area contributed by atoms with Crippen LogP contribution in [0.5, 0.6) is 0 Å². The summed E-state index contributed by atoms with van der Waals surface area (Å²) >= 11 is 0. The van der Waals surface area contributed by atoms with E-state index >= 15 is 0 Å². The summed E-state index contributed by atoms with van der Waals surface area (Å²) in [6.45, 7) is 15.2. The highest BCUT2D eigenvalue weighted by molar-refractivity contribution is 7.91. The van der Waals surface area contributed by atoms with Crippen LogP contribution < -0.4 is 10.8 Å². The third-order valence-electron chi connectivity index (χ3n) is 7.42. The summed E-state index contributed by atoms with van der Waals surface area (Å²) in [5.41, 5.74) is -1.17. The normalized spacial score (nSPS) is 21.9. The molecule has 0 aliphatic carbocycles. The Labute approximate surface area is 232 Å². The van der Waals surface area contributed by atoms with Gasteiger partial charge in [-0.15, -0.1) is 0 Å². The van der Waals surface area contributed by atoms with Crippen LogP contribution in [0.2, 0.25) is 0 Å². The lowest BCUT2D eigenvalue weighted by Crippen LogP contribution is -2.52. The van der Waals surface area contributed by atoms with Crippen molar-refractivity contribution in [1.29, 1.82) is 0 Å². The maximum absolute atomic E-state index is 13.1. The lowest BCUT2D eigenvalue weighted by Gasteiger charge is -2.37. The van der Waals surface area contributed by atoms with Gasteiger partial charge in [0.25, 0.3) is 0 Å². The van der Waals surface area contributed by atoms with Crippen LogP contribution in [-0.2, 0) is 28.7 Å². The van der Waals surface area contributed by atoms with Crippen molar-refractivity contribution in [3.63, 3.8) is 0 Å². The molecule has 2 saturated heterocycles. The average molecular weight is 567 g/mol. The molecule has 218 valence electrons. The Bertz CT molecular complexity index is 1120. The van der Waals surface area contributed by atoms with Gasteiger partial charge in [0.05, 0.1) is 17.0 Å². The summed E-state index contributed by atoms with van der Waals surface area (Å²) in [4.78, 5) is 35.2. The van der Waals surface area contributed by atoms with Gasteiger partial charge in [0.1, 0.15) is 11.6 Å². The fraction of sp³-hybridized carbons (Fsp3) is 0.769. The first kappa shape index (κ1) is 31.3. The van der Waals surface area contributed by atoms with Crippen LogP contribution >= 0.6 is 0 Å². The van der Waals surface area contributed by atoms with Crippen LogP contribution in [0.4, 0.5) is 4.79 Å². The van der Waals surface area contributed by atoms with Gasteiger partial charge in [0.2, 0.25) is 20.9 Å². The van der Waals surface area contributed by atoms with Gasteiger partial charge in [0, 0.05) is 30.4 Å². The number of piperidine rings is 1. The summed E-state index contributed by atoms with van der Waals surface area (Å²) in [5, 5.41) is 2.37. The van der Waals surface area contributed by atoms with Crippen LogP contribution in [0.15, 0.2) is 17.6 Å². The van der Waals surface area contributed by atoms with Crippen molar-refractivity contribution in [3.05, 3.63) is 12.4 Å². The Balaban J connectivity index is 1.56. The number of carbonyl (C=O) groups is 2. The summed E-state index contributed by atoms with van der Waals surface area (Å²) < 4.78 is 43.1. The van der Waals surface area contributed by atoms with Crippen molar-refractivity contribution < 1.29 is 32.1 Å². The Morgan fingerprint density at radius 2 is 1.74 bits per heavy atom. The lowest BCUT2D eigenvalue weighted by atomic mass is 9.81. The van der Waals surface area contributed by atoms with Gasteiger partial charge >= 0.3 is 13.2 Å². The van der Waals surface area contributed by atoms with Crippen molar-refractivity contribution in [2.75, 3.05) is 12.3 Å². The second kappa shape index (κ2) is 11.7. The van der Waals surface area contributed by atoms with E-state index in [0.717, 1.165) is 19.3 Å². The van der Waals surface area contributed by atoms with E-state index in [1.165, 1.54) is 12.4 Å². The fourth-order valence-corrected chi connectivity index (χ4v) is 5.73. The lowest BCUT2D eigenvalue weighted by molar-refractivity contribution is -0.136. The van der Waals surface area contributed by atoms with E-state index in [0.29, 0.717) is 24.8 Å². The number of rotatable bonds is 8. The molecular weight excluding hydrogens is 523 g/mol. The van der Waals surface area contributed by atoms with Crippen molar-refractivity contribution in [3.8, 4) is 0 Å². The standard InChI is InChI=1S/C26H43BN4O7S/c1-18(30-23(33)36-24(2,3)4)21(32)31-14-10-9-12-20(31)13-11-15-39(34,35)22-28-16-19(17-29-22)27-37-25(5,6)26(7,8)38-27/h16-18,20H,9-15H2,1-8H3,(H,30,33)/t18-,20+/m1/s1. The number of sulfone groups is 1. The van der Waals surface area contributed by atoms with Gasteiger partial charge < -0.3 is 24.3 Å². The van der Waals surface area contributed by atoms with E-state index in [-0.39, 0.29) is 22.9 Å². The monoisotopic (exact) mass is 566 g/mol. The van der Waals surface area contributed by atoms with Gasteiger partial charge in [-0.3, -0.25) is 4.79 Å². The molecule has 13 heteroatoms. The Morgan fingerprint density at radius 3 is 2.31 bits per heavy atom. The molecule has 2 fully saturated rings. The van der Waals surface area contributed by atoms with Gasteiger partial charge in [-0.05, 0) is 87.5 Å². The zero-order chi connectivity index (χ0) is 29.2. The number of carbonyl (C=O) groups excluding carboxylic acids is 2. The van der Waals surface area contributed by atoms with Crippen LogP contribution in [0, 0.1) is 0 Å². The quantitative estimate of drug-likeness (QED) is 0.372. The first-order chi connectivity index (χ1) is 17.9. The number of nitrogens with one attached hydrogen (secondary N) is 1. The Morgan fingerprint density at radius 1 is 1.15 bits per heavy atom.